The van der Waals surface area contributed by atoms with Gasteiger partial charge in [0.25, 0.3) is 0 Å². The third-order valence-corrected chi connectivity index (χ3v) is 3.62. The first-order valence-electron chi connectivity index (χ1n) is 7.35. The van der Waals surface area contributed by atoms with Gasteiger partial charge in [-0.3, -0.25) is 0 Å². The molecule has 0 unspecified atom stereocenters. The summed E-state index contributed by atoms with van der Waals surface area (Å²) >= 11 is 0. The lowest BCUT2D eigenvalue weighted by molar-refractivity contribution is 0.405. The Kier molecular flexibility index (Phi) is 4.02. The van der Waals surface area contributed by atoms with Crippen LogP contribution in [0.2, 0.25) is 0 Å². The Labute approximate surface area is 135 Å². The number of nitrogens with zero attached hydrogens (tertiary/aromatic N) is 2. The van der Waals surface area contributed by atoms with Gasteiger partial charge in [-0.2, -0.15) is 0 Å². The van der Waals surface area contributed by atoms with E-state index in [4.69, 9.17) is 9.47 Å². The van der Waals surface area contributed by atoms with Crippen LogP contribution in [0.3, 0.4) is 0 Å². The molecule has 0 fully saturated rings. The van der Waals surface area contributed by atoms with Gasteiger partial charge >= 0.3 is 0 Å². The molecule has 0 saturated heterocycles. The van der Waals surface area contributed by atoms with Gasteiger partial charge in [0, 0.05) is 22.8 Å². The van der Waals surface area contributed by atoms with Crippen molar-refractivity contribution in [2.75, 3.05) is 19.5 Å². The van der Waals surface area contributed by atoms with E-state index in [-0.39, 0.29) is 0 Å². The zero-order valence-electron chi connectivity index (χ0n) is 13.7. The van der Waals surface area contributed by atoms with E-state index < -0.39 is 0 Å². The predicted octanol–water partition coefficient (Wildman–Crippen LogP) is 4.01. The van der Waals surface area contributed by atoms with Crippen molar-refractivity contribution in [3.8, 4) is 11.5 Å². The summed E-state index contributed by atoms with van der Waals surface area (Å²) in [5.41, 5.74) is 4.35. The van der Waals surface area contributed by atoms with Gasteiger partial charge in [0.2, 0.25) is 0 Å². The van der Waals surface area contributed by atoms with Gasteiger partial charge in [0.1, 0.15) is 11.5 Å². The molecule has 0 spiro atoms. The fraction of sp³-hybridized carbons (Fsp3) is 0.222. The Bertz CT molecular complexity index is 857. The maximum atomic E-state index is 5.43. The zero-order valence-corrected chi connectivity index (χ0v) is 13.7. The van der Waals surface area contributed by atoms with Crippen molar-refractivity contribution >= 4 is 22.4 Å². The molecular weight excluding hydrogens is 290 g/mol. The Hall–Kier alpha value is -2.82. The van der Waals surface area contributed by atoms with Crippen LogP contribution in [0.4, 0.5) is 11.4 Å². The number of aryl methyl sites for hydroxylation is 2. The molecule has 5 heteroatoms. The van der Waals surface area contributed by atoms with Gasteiger partial charge in [-0.1, -0.05) is 0 Å². The number of hydrogen-bond acceptors (Lipinski definition) is 5. The van der Waals surface area contributed by atoms with Crippen molar-refractivity contribution in [3.05, 3.63) is 47.8 Å². The second-order valence-corrected chi connectivity index (χ2v) is 5.33. The molecule has 0 saturated carbocycles. The van der Waals surface area contributed by atoms with E-state index in [1.807, 2.05) is 50.2 Å². The van der Waals surface area contributed by atoms with E-state index in [1.54, 1.807) is 14.2 Å². The quantitative estimate of drug-likeness (QED) is 0.789. The highest BCUT2D eigenvalue weighted by Gasteiger charge is 2.10. The van der Waals surface area contributed by atoms with E-state index in [9.17, 15) is 0 Å². The molecule has 5 nitrogen and oxygen atoms in total. The van der Waals surface area contributed by atoms with Gasteiger partial charge in [0.15, 0.2) is 5.65 Å². The molecule has 3 rings (SSSR count). The molecule has 3 aromatic rings. The first kappa shape index (κ1) is 15.1. The second kappa shape index (κ2) is 6.12. The second-order valence-electron chi connectivity index (χ2n) is 5.33. The SMILES string of the molecule is COc1ccc(OC)c(Nc2cc(C)nc3nc(C)ccc23)c1. The molecule has 0 amide bonds. The number of aromatic nitrogens is 2. The molecule has 2 aromatic heterocycles. The third-order valence-electron chi connectivity index (χ3n) is 3.62. The van der Waals surface area contributed by atoms with Crippen LogP contribution < -0.4 is 14.8 Å². The number of pyridine rings is 2. The highest BCUT2D eigenvalue weighted by Crippen LogP contribution is 2.33. The summed E-state index contributed by atoms with van der Waals surface area (Å²) in [5, 5.41) is 4.38. The first-order valence-corrected chi connectivity index (χ1v) is 7.35. The maximum absolute atomic E-state index is 5.43. The molecule has 0 bridgehead atoms. The molecule has 1 aromatic carbocycles. The summed E-state index contributed by atoms with van der Waals surface area (Å²) < 4.78 is 10.7. The van der Waals surface area contributed by atoms with Crippen LogP contribution >= 0.6 is 0 Å². The van der Waals surface area contributed by atoms with Crippen LogP contribution in [0, 0.1) is 13.8 Å². The van der Waals surface area contributed by atoms with Gasteiger partial charge < -0.3 is 14.8 Å². The molecular formula is C18H19N3O2. The zero-order chi connectivity index (χ0) is 16.4. The smallest absolute Gasteiger partial charge is 0.161 e. The number of fused-ring (bicyclic) bond motifs is 1. The number of rotatable bonds is 4. The van der Waals surface area contributed by atoms with Crippen LogP contribution in [0.15, 0.2) is 36.4 Å². The summed E-state index contributed by atoms with van der Waals surface area (Å²) in [6.07, 6.45) is 0. The summed E-state index contributed by atoms with van der Waals surface area (Å²) in [6.45, 7) is 3.92. The molecule has 0 aliphatic rings. The van der Waals surface area contributed by atoms with Crippen LogP contribution in [0.1, 0.15) is 11.4 Å². The van der Waals surface area contributed by atoms with Crippen molar-refractivity contribution in [2.24, 2.45) is 0 Å². The van der Waals surface area contributed by atoms with Crippen LogP contribution in [-0.2, 0) is 0 Å². The molecule has 0 radical (unpaired) electrons. The van der Waals surface area contributed by atoms with Crippen molar-refractivity contribution in [3.63, 3.8) is 0 Å². The van der Waals surface area contributed by atoms with Crippen molar-refractivity contribution < 1.29 is 9.47 Å². The molecule has 0 aliphatic heterocycles. The lowest BCUT2D eigenvalue weighted by Gasteiger charge is -2.14. The standard InChI is InChI=1S/C18H19N3O2/c1-11-5-7-14-15(9-12(2)20-18(14)19-11)21-16-10-13(22-3)6-8-17(16)23-4/h5-10H,1-4H3,(H,19,20,21). The maximum Gasteiger partial charge on any atom is 0.161 e. The van der Waals surface area contributed by atoms with Gasteiger partial charge in [0.05, 0.1) is 25.6 Å². The number of hydrogen-bond donors (Lipinski definition) is 1. The van der Waals surface area contributed by atoms with E-state index in [0.29, 0.717) is 0 Å². The number of ether oxygens (including phenoxy) is 2. The van der Waals surface area contributed by atoms with E-state index in [2.05, 4.69) is 15.3 Å². The number of nitrogens with one attached hydrogen (secondary N) is 1. The van der Waals surface area contributed by atoms with E-state index >= 15 is 0 Å². The highest BCUT2D eigenvalue weighted by atomic mass is 16.5. The first-order chi connectivity index (χ1) is 11.1. The predicted molar refractivity (Wildman–Crippen MR) is 91.8 cm³/mol. The third kappa shape index (κ3) is 3.04. The van der Waals surface area contributed by atoms with E-state index in [1.165, 1.54) is 0 Å². The minimum absolute atomic E-state index is 0.731. The van der Waals surface area contributed by atoms with Crippen molar-refractivity contribution in [2.45, 2.75) is 13.8 Å². The summed E-state index contributed by atoms with van der Waals surface area (Å²) in [7, 11) is 3.29. The van der Waals surface area contributed by atoms with Gasteiger partial charge in [-0.15, -0.1) is 0 Å². The van der Waals surface area contributed by atoms with Crippen molar-refractivity contribution in [1.29, 1.82) is 0 Å². The number of benzene rings is 1. The average Bonchev–Trinajstić information content (AvgIpc) is 2.54. The van der Waals surface area contributed by atoms with Gasteiger partial charge in [-0.05, 0) is 44.2 Å². The Morgan fingerprint density at radius 2 is 1.61 bits per heavy atom. The Balaban J connectivity index is 2.11. The molecule has 23 heavy (non-hydrogen) atoms. The van der Waals surface area contributed by atoms with Crippen molar-refractivity contribution in [1.82, 2.24) is 9.97 Å². The minimum atomic E-state index is 0.731. The molecule has 118 valence electrons. The molecule has 0 aliphatic carbocycles. The minimum Gasteiger partial charge on any atom is -0.497 e. The summed E-state index contributed by atoms with van der Waals surface area (Å²) in [4.78, 5) is 9.02. The summed E-state index contributed by atoms with van der Waals surface area (Å²) in [6, 6.07) is 11.7. The van der Waals surface area contributed by atoms with Crippen LogP contribution in [0.5, 0.6) is 11.5 Å². The normalized spacial score (nSPS) is 10.6. The van der Waals surface area contributed by atoms with E-state index in [0.717, 1.165) is 45.3 Å². The molecule has 1 N–H and O–H groups in total. The van der Waals surface area contributed by atoms with Crippen LogP contribution in [-0.4, -0.2) is 24.2 Å². The fourth-order valence-corrected chi connectivity index (χ4v) is 2.48. The largest absolute Gasteiger partial charge is 0.497 e. The fourth-order valence-electron chi connectivity index (χ4n) is 2.48. The monoisotopic (exact) mass is 309 g/mol. The van der Waals surface area contributed by atoms with Gasteiger partial charge in [-0.25, -0.2) is 9.97 Å². The number of anilines is 2. The average molecular weight is 309 g/mol. The number of methoxy groups -OCH3 is 2. The lowest BCUT2D eigenvalue weighted by Crippen LogP contribution is -1.99. The topological polar surface area (TPSA) is 56.3 Å². The summed E-state index contributed by atoms with van der Waals surface area (Å²) in [5.74, 6) is 1.51. The van der Waals surface area contributed by atoms with Crippen LogP contribution in [0.25, 0.3) is 11.0 Å². The Morgan fingerprint density at radius 1 is 0.826 bits per heavy atom. The molecule has 0 atom stereocenters. The molecule has 2 heterocycles. The highest BCUT2D eigenvalue weighted by molar-refractivity contribution is 5.92. The lowest BCUT2D eigenvalue weighted by atomic mass is 10.2. The Morgan fingerprint density at radius 3 is 2.35 bits per heavy atom.